The second-order valence-corrected chi connectivity index (χ2v) is 13.8. The van der Waals surface area contributed by atoms with Crippen LogP contribution in [0.4, 0.5) is 11.4 Å². The Bertz CT molecular complexity index is 1540. The molecular formula is C38H48ClN3O6. The molecule has 1 N–H and O–H groups in total. The van der Waals surface area contributed by atoms with Gasteiger partial charge >= 0.3 is 0 Å². The van der Waals surface area contributed by atoms with Crippen molar-refractivity contribution in [2.45, 2.75) is 77.2 Å². The molecule has 2 bridgehead atoms. The van der Waals surface area contributed by atoms with E-state index in [9.17, 15) is 14.7 Å². The van der Waals surface area contributed by atoms with Crippen molar-refractivity contribution >= 4 is 40.7 Å². The van der Waals surface area contributed by atoms with E-state index in [-0.39, 0.29) is 43.3 Å². The van der Waals surface area contributed by atoms with Gasteiger partial charge in [-0.25, -0.2) is 0 Å². The number of fused-ring (bicyclic) bond motifs is 1. The van der Waals surface area contributed by atoms with Crippen molar-refractivity contribution in [3.63, 3.8) is 0 Å². The van der Waals surface area contributed by atoms with E-state index in [2.05, 4.69) is 13.2 Å². The summed E-state index contributed by atoms with van der Waals surface area (Å²) in [5.41, 5.74) is -0.341. The first-order valence-corrected chi connectivity index (χ1v) is 17.3. The van der Waals surface area contributed by atoms with Crippen LogP contribution in [0.1, 0.15) is 52.5 Å². The highest BCUT2D eigenvalue weighted by Crippen LogP contribution is 2.64. The maximum absolute atomic E-state index is 15.1. The summed E-state index contributed by atoms with van der Waals surface area (Å²) >= 11 is 6.72. The zero-order valence-electron chi connectivity index (χ0n) is 28.7. The molecule has 258 valence electrons. The quantitative estimate of drug-likeness (QED) is 0.248. The van der Waals surface area contributed by atoms with Crippen LogP contribution in [0, 0.1) is 24.7 Å². The molecule has 0 aromatic heterocycles. The van der Waals surface area contributed by atoms with Crippen LogP contribution in [0.5, 0.6) is 5.75 Å². The minimum Gasteiger partial charge on any atom is -0.494 e. The minimum absolute atomic E-state index is 0.137. The van der Waals surface area contributed by atoms with Gasteiger partial charge in [0.25, 0.3) is 5.91 Å². The number of nitrogens with zero attached hydrogens (tertiary/aromatic N) is 3. The number of anilines is 2. The highest BCUT2D eigenvalue weighted by Gasteiger charge is 2.79. The van der Waals surface area contributed by atoms with Gasteiger partial charge in [0.2, 0.25) is 11.8 Å². The van der Waals surface area contributed by atoms with E-state index in [0.717, 1.165) is 5.56 Å². The number of aryl methyl sites for hydroxylation is 1. The van der Waals surface area contributed by atoms with Gasteiger partial charge in [-0.1, -0.05) is 56.2 Å². The number of aliphatic hydroxyl groups excluding tert-OH is 1. The number of carbonyl (C=O) groups excluding carboxylic acids is 3. The second-order valence-electron chi connectivity index (χ2n) is 13.4. The Balaban J connectivity index is 1.65. The number of amides is 3. The number of ether oxygens (including phenoxy) is 2. The van der Waals surface area contributed by atoms with Crippen molar-refractivity contribution in [1.82, 2.24) is 4.90 Å². The molecule has 0 radical (unpaired) electrons. The molecule has 7 atom stereocenters. The van der Waals surface area contributed by atoms with Crippen LogP contribution in [-0.2, 0) is 19.1 Å². The van der Waals surface area contributed by atoms with Crippen molar-refractivity contribution in [3.8, 4) is 5.75 Å². The normalized spacial score (nSPS) is 26.9. The van der Waals surface area contributed by atoms with Crippen LogP contribution in [0.15, 0.2) is 67.8 Å². The van der Waals surface area contributed by atoms with Crippen LogP contribution in [0.2, 0.25) is 5.02 Å². The molecule has 2 aromatic rings. The molecule has 3 aliphatic heterocycles. The highest BCUT2D eigenvalue weighted by atomic mass is 35.5. The highest BCUT2D eigenvalue weighted by molar-refractivity contribution is 6.34. The average molecular weight is 678 g/mol. The molecule has 10 heteroatoms. The van der Waals surface area contributed by atoms with Gasteiger partial charge in [-0.05, 0) is 75.4 Å². The molecule has 3 aliphatic rings. The third kappa shape index (κ3) is 5.73. The van der Waals surface area contributed by atoms with E-state index in [1.54, 1.807) is 32.9 Å². The zero-order valence-corrected chi connectivity index (χ0v) is 29.4. The Kier molecular flexibility index (Phi) is 10.4. The van der Waals surface area contributed by atoms with E-state index in [0.29, 0.717) is 48.0 Å². The molecule has 5 rings (SSSR count). The smallest absolute Gasteiger partial charge is 0.253 e. The summed E-state index contributed by atoms with van der Waals surface area (Å²) in [7, 11) is 0. The lowest BCUT2D eigenvalue weighted by molar-refractivity contribution is -0.149. The lowest BCUT2D eigenvalue weighted by Gasteiger charge is -2.41. The molecule has 0 aliphatic carbocycles. The molecule has 0 saturated carbocycles. The van der Waals surface area contributed by atoms with E-state index in [4.69, 9.17) is 21.1 Å². The van der Waals surface area contributed by atoms with Gasteiger partial charge in [0.1, 0.15) is 17.4 Å². The zero-order chi connectivity index (χ0) is 35.0. The van der Waals surface area contributed by atoms with Crippen LogP contribution >= 0.6 is 11.6 Å². The molecule has 3 amide bonds. The third-order valence-electron chi connectivity index (χ3n) is 10.6. The summed E-state index contributed by atoms with van der Waals surface area (Å²) in [5.74, 6) is -2.28. The number of aliphatic hydroxyl groups is 1. The van der Waals surface area contributed by atoms with Crippen molar-refractivity contribution in [3.05, 3.63) is 78.4 Å². The number of rotatable bonds is 14. The van der Waals surface area contributed by atoms with Gasteiger partial charge in [-0.3, -0.25) is 14.4 Å². The summed E-state index contributed by atoms with van der Waals surface area (Å²) in [6, 6.07) is 10.9. The van der Waals surface area contributed by atoms with Crippen LogP contribution in [-0.4, -0.2) is 77.3 Å². The van der Waals surface area contributed by atoms with Crippen LogP contribution < -0.4 is 14.5 Å². The fourth-order valence-electron chi connectivity index (χ4n) is 8.23. The molecular weight excluding hydrogens is 630 g/mol. The largest absolute Gasteiger partial charge is 0.494 e. The Labute approximate surface area is 289 Å². The van der Waals surface area contributed by atoms with Gasteiger partial charge in [-0.15, -0.1) is 13.2 Å². The molecule has 1 spiro atoms. The van der Waals surface area contributed by atoms with Crippen molar-refractivity contribution in [2.75, 3.05) is 36.1 Å². The van der Waals surface area contributed by atoms with Crippen molar-refractivity contribution in [1.29, 1.82) is 0 Å². The molecule has 2 aromatic carbocycles. The first kappa shape index (κ1) is 35.6. The van der Waals surface area contributed by atoms with Crippen LogP contribution in [0.25, 0.3) is 0 Å². The number of hydrogen-bond donors (Lipinski definition) is 1. The monoisotopic (exact) mass is 677 g/mol. The van der Waals surface area contributed by atoms with Gasteiger partial charge in [0.05, 0.1) is 47.4 Å². The first-order valence-electron chi connectivity index (χ1n) is 16.9. The predicted octanol–water partition coefficient (Wildman–Crippen LogP) is 5.96. The van der Waals surface area contributed by atoms with Crippen LogP contribution in [0.3, 0.4) is 0 Å². The summed E-state index contributed by atoms with van der Waals surface area (Å²) < 4.78 is 12.6. The number of benzene rings is 2. The average Bonchev–Trinajstić information content (AvgIpc) is 3.64. The number of para-hydroxylation sites is 1. The number of halogens is 1. The Hall–Kier alpha value is -3.66. The maximum Gasteiger partial charge on any atom is 0.253 e. The first-order chi connectivity index (χ1) is 22.9. The van der Waals surface area contributed by atoms with Crippen molar-refractivity contribution in [2.24, 2.45) is 17.8 Å². The fraction of sp³-hybridized carbons (Fsp3) is 0.500. The number of carbonyl (C=O) groups is 3. The van der Waals surface area contributed by atoms with E-state index in [1.807, 2.05) is 71.0 Å². The standard InChI is InChI=1S/C38H48ClN3O6/c1-8-21-40(26-15-17-27(18-16-26)47-11-4)34(44)30-31-35(45)42(29(23-43)24(5)10-3)33(38(31)20-19-37(30,7)48-38)36(46)41(22-9-2)32-25(6)13-12-14-28(32)39/h8-9,12-18,24,29-31,33,43H,1-2,10-11,19-23H2,3-7H3/t24-,29-,30+,31-,33?,37-,38?/m0/s1. The fourth-order valence-corrected chi connectivity index (χ4v) is 8.56. The summed E-state index contributed by atoms with van der Waals surface area (Å²) in [4.78, 5) is 49.6. The lowest BCUT2D eigenvalue weighted by Crippen LogP contribution is -2.60. The van der Waals surface area contributed by atoms with E-state index < -0.39 is 35.1 Å². The lowest BCUT2D eigenvalue weighted by atomic mass is 9.66. The minimum atomic E-state index is -1.29. The van der Waals surface area contributed by atoms with E-state index in [1.165, 1.54) is 0 Å². The molecule has 2 unspecified atom stereocenters. The van der Waals surface area contributed by atoms with Gasteiger partial charge in [-0.2, -0.15) is 0 Å². The second kappa shape index (κ2) is 14.1. The summed E-state index contributed by atoms with van der Waals surface area (Å²) in [5, 5.41) is 11.2. The predicted molar refractivity (Wildman–Crippen MR) is 188 cm³/mol. The summed E-state index contributed by atoms with van der Waals surface area (Å²) in [6.45, 7) is 17.9. The Morgan fingerprint density at radius 2 is 1.77 bits per heavy atom. The van der Waals surface area contributed by atoms with E-state index >= 15 is 4.79 Å². The maximum atomic E-state index is 15.1. The topological polar surface area (TPSA) is 99.6 Å². The number of hydrogen-bond acceptors (Lipinski definition) is 6. The molecule has 3 fully saturated rings. The molecule has 3 saturated heterocycles. The third-order valence-corrected chi connectivity index (χ3v) is 10.9. The Morgan fingerprint density at radius 3 is 2.35 bits per heavy atom. The molecule has 48 heavy (non-hydrogen) atoms. The molecule has 9 nitrogen and oxygen atoms in total. The molecule has 3 heterocycles. The van der Waals surface area contributed by atoms with Crippen molar-refractivity contribution < 1.29 is 29.0 Å². The number of likely N-dealkylation sites (tertiary alicyclic amines) is 1. The van der Waals surface area contributed by atoms with Gasteiger partial charge in [0.15, 0.2) is 0 Å². The summed E-state index contributed by atoms with van der Waals surface area (Å²) in [6.07, 6.45) is 4.83. The van der Waals surface area contributed by atoms with Gasteiger partial charge < -0.3 is 29.3 Å². The van der Waals surface area contributed by atoms with Gasteiger partial charge in [0, 0.05) is 18.8 Å². The SMILES string of the molecule is C=CCN(C(=O)[C@H]1[C@H]2C(=O)N([C@@H](CO)[C@@H](C)CC)C(C(=O)N(CC=C)c3c(C)cccc3Cl)C23CC[C@]1(C)O3)c1ccc(OCC)cc1. The Morgan fingerprint density at radius 1 is 1.10 bits per heavy atom.